The van der Waals surface area contributed by atoms with Crippen LogP contribution in [0.1, 0.15) is 0 Å². The maximum absolute atomic E-state index is 11.8. The Morgan fingerprint density at radius 3 is 2.64 bits per heavy atom. The minimum absolute atomic E-state index is 0.915. The topological polar surface area (TPSA) is 30.0 Å². The van der Waals surface area contributed by atoms with E-state index in [0.29, 0.717) is 0 Å². The zero-order valence-corrected chi connectivity index (χ0v) is 9.16. The Balaban J connectivity index is 2.69. The standard InChI is InChI=1S/C11H12NOP/c1-14(2,13)11-4-3-9-5-6-12-8-10(9)7-11/h3-8H,1-2H3. The van der Waals surface area contributed by atoms with E-state index in [1.165, 1.54) is 0 Å². The van der Waals surface area contributed by atoms with Gasteiger partial charge >= 0.3 is 0 Å². The van der Waals surface area contributed by atoms with E-state index in [4.69, 9.17) is 0 Å². The Bertz CT molecular complexity index is 515. The van der Waals surface area contributed by atoms with Gasteiger partial charge in [0.2, 0.25) is 0 Å². The van der Waals surface area contributed by atoms with E-state index in [1.54, 1.807) is 25.7 Å². The molecule has 0 aliphatic heterocycles. The van der Waals surface area contributed by atoms with Crippen molar-refractivity contribution in [1.82, 2.24) is 4.98 Å². The summed E-state index contributed by atoms with van der Waals surface area (Å²) in [5, 5.41) is 3.10. The predicted molar refractivity (Wildman–Crippen MR) is 60.8 cm³/mol. The predicted octanol–water partition coefficient (Wildman–Crippen LogP) is 2.48. The maximum Gasteiger partial charge on any atom is 0.109 e. The second kappa shape index (κ2) is 3.21. The SMILES string of the molecule is CP(C)(=O)c1ccc2ccncc2c1. The first-order valence-electron chi connectivity index (χ1n) is 4.47. The molecule has 1 aromatic carbocycles. The van der Waals surface area contributed by atoms with Gasteiger partial charge in [0.15, 0.2) is 0 Å². The highest BCUT2D eigenvalue weighted by atomic mass is 31.2. The molecule has 0 amide bonds. The molecule has 0 bridgehead atoms. The number of hydrogen-bond donors (Lipinski definition) is 0. The number of aromatic nitrogens is 1. The summed E-state index contributed by atoms with van der Waals surface area (Å²) in [6.45, 7) is 3.56. The first-order chi connectivity index (χ1) is 6.57. The number of rotatable bonds is 1. The van der Waals surface area contributed by atoms with Crippen molar-refractivity contribution in [3.63, 3.8) is 0 Å². The van der Waals surface area contributed by atoms with Crippen molar-refractivity contribution in [3.8, 4) is 0 Å². The van der Waals surface area contributed by atoms with Gasteiger partial charge in [-0.3, -0.25) is 4.98 Å². The normalized spacial score (nSPS) is 11.9. The minimum Gasteiger partial charge on any atom is -0.319 e. The molecular formula is C11H12NOP. The van der Waals surface area contributed by atoms with Crippen molar-refractivity contribution >= 4 is 23.2 Å². The smallest absolute Gasteiger partial charge is 0.109 e. The molecule has 0 saturated heterocycles. The average molecular weight is 205 g/mol. The molecule has 0 fully saturated rings. The first kappa shape index (κ1) is 9.42. The average Bonchev–Trinajstić information content (AvgIpc) is 2.16. The van der Waals surface area contributed by atoms with E-state index < -0.39 is 7.14 Å². The molecule has 0 aliphatic carbocycles. The third-order valence-corrected chi connectivity index (χ3v) is 3.77. The van der Waals surface area contributed by atoms with Crippen LogP contribution < -0.4 is 5.30 Å². The van der Waals surface area contributed by atoms with Gasteiger partial charge in [0.1, 0.15) is 7.14 Å². The van der Waals surface area contributed by atoms with Crippen LogP contribution >= 0.6 is 7.14 Å². The summed E-state index contributed by atoms with van der Waals surface area (Å²) in [6.07, 6.45) is 3.56. The molecule has 1 heterocycles. The highest BCUT2D eigenvalue weighted by molar-refractivity contribution is 7.70. The lowest BCUT2D eigenvalue weighted by Crippen LogP contribution is -2.01. The fraction of sp³-hybridized carbons (Fsp3) is 0.182. The van der Waals surface area contributed by atoms with Gasteiger partial charge in [-0.2, -0.15) is 0 Å². The van der Waals surface area contributed by atoms with Gasteiger partial charge in [0.25, 0.3) is 0 Å². The Hall–Kier alpha value is -1.14. The Morgan fingerprint density at radius 2 is 1.93 bits per heavy atom. The highest BCUT2D eigenvalue weighted by Gasteiger charge is 2.10. The molecule has 3 heteroatoms. The summed E-state index contributed by atoms with van der Waals surface area (Å²) in [6, 6.07) is 7.84. The van der Waals surface area contributed by atoms with Crippen LogP contribution in [0.15, 0.2) is 36.7 Å². The summed E-state index contributed by atoms with van der Waals surface area (Å²) < 4.78 is 11.8. The van der Waals surface area contributed by atoms with E-state index in [-0.39, 0.29) is 0 Å². The van der Waals surface area contributed by atoms with Crippen molar-refractivity contribution in [1.29, 1.82) is 0 Å². The second-order valence-corrected chi connectivity index (χ2v) is 6.98. The molecule has 0 unspecified atom stereocenters. The summed E-state index contributed by atoms with van der Waals surface area (Å²) in [5.74, 6) is 0. The van der Waals surface area contributed by atoms with Gasteiger partial charge in [-0.25, -0.2) is 0 Å². The zero-order valence-electron chi connectivity index (χ0n) is 8.27. The van der Waals surface area contributed by atoms with Crippen molar-refractivity contribution in [2.24, 2.45) is 0 Å². The summed E-state index contributed by atoms with van der Waals surface area (Å²) in [5.41, 5.74) is 0. The van der Waals surface area contributed by atoms with Crippen molar-refractivity contribution < 1.29 is 4.57 Å². The molecular weight excluding hydrogens is 193 g/mol. The van der Waals surface area contributed by atoms with Gasteiger partial charge in [-0.1, -0.05) is 12.1 Å². The maximum atomic E-state index is 11.8. The molecule has 0 radical (unpaired) electrons. The van der Waals surface area contributed by atoms with Gasteiger partial charge in [-0.15, -0.1) is 0 Å². The molecule has 0 aliphatic rings. The van der Waals surface area contributed by atoms with Crippen molar-refractivity contribution in [3.05, 3.63) is 36.7 Å². The molecule has 2 rings (SSSR count). The number of nitrogens with zero attached hydrogens (tertiary/aromatic N) is 1. The number of fused-ring (bicyclic) bond motifs is 1. The van der Waals surface area contributed by atoms with E-state index in [0.717, 1.165) is 16.1 Å². The van der Waals surface area contributed by atoms with E-state index >= 15 is 0 Å². The fourth-order valence-corrected chi connectivity index (χ4v) is 2.29. The van der Waals surface area contributed by atoms with Crippen LogP contribution in [-0.4, -0.2) is 18.3 Å². The van der Waals surface area contributed by atoms with Crippen molar-refractivity contribution in [2.45, 2.75) is 0 Å². The molecule has 72 valence electrons. The van der Waals surface area contributed by atoms with Gasteiger partial charge < -0.3 is 4.57 Å². The lowest BCUT2D eigenvalue weighted by molar-refractivity contribution is 0.588. The molecule has 0 N–H and O–H groups in total. The molecule has 14 heavy (non-hydrogen) atoms. The van der Waals surface area contributed by atoms with Crippen LogP contribution in [0.2, 0.25) is 0 Å². The monoisotopic (exact) mass is 205 g/mol. The fourth-order valence-electron chi connectivity index (χ4n) is 1.41. The zero-order chi connectivity index (χ0) is 10.2. The first-order valence-corrected chi connectivity index (χ1v) is 7.07. The molecule has 2 aromatic rings. The lowest BCUT2D eigenvalue weighted by atomic mass is 10.2. The van der Waals surface area contributed by atoms with Crippen LogP contribution in [0, 0.1) is 0 Å². The third kappa shape index (κ3) is 1.71. The number of benzene rings is 1. The highest BCUT2D eigenvalue weighted by Crippen LogP contribution is 2.35. The van der Waals surface area contributed by atoms with Gasteiger partial charge in [0, 0.05) is 23.1 Å². The van der Waals surface area contributed by atoms with E-state index in [1.807, 2.05) is 24.3 Å². The molecule has 0 saturated carbocycles. The van der Waals surface area contributed by atoms with Gasteiger partial charge in [0.05, 0.1) is 0 Å². The Kier molecular flexibility index (Phi) is 2.16. The van der Waals surface area contributed by atoms with Gasteiger partial charge in [-0.05, 0) is 30.8 Å². The molecule has 1 aromatic heterocycles. The van der Waals surface area contributed by atoms with Crippen molar-refractivity contribution in [2.75, 3.05) is 13.3 Å². The summed E-state index contributed by atoms with van der Waals surface area (Å²) in [7, 11) is -2.15. The van der Waals surface area contributed by atoms with Crippen LogP contribution in [0.5, 0.6) is 0 Å². The lowest BCUT2D eigenvalue weighted by Gasteiger charge is -2.07. The molecule has 0 spiro atoms. The quantitative estimate of drug-likeness (QED) is 0.669. The van der Waals surface area contributed by atoms with E-state index in [9.17, 15) is 4.57 Å². The van der Waals surface area contributed by atoms with Crippen LogP contribution in [0.4, 0.5) is 0 Å². The number of pyridine rings is 1. The molecule has 0 atom stereocenters. The van der Waals surface area contributed by atoms with Crippen LogP contribution in [0.25, 0.3) is 10.8 Å². The number of hydrogen-bond acceptors (Lipinski definition) is 2. The minimum atomic E-state index is -2.15. The Labute approximate surface area is 83.4 Å². The summed E-state index contributed by atoms with van der Waals surface area (Å²) >= 11 is 0. The second-order valence-electron chi connectivity index (χ2n) is 3.76. The third-order valence-electron chi connectivity index (χ3n) is 2.25. The van der Waals surface area contributed by atoms with Crippen LogP contribution in [-0.2, 0) is 4.57 Å². The Morgan fingerprint density at radius 1 is 1.14 bits per heavy atom. The summed E-state index contributed by atoms with van der Waals surface area (Å²) in [4.78, 5) is 4.05. The van der Waals surface area contributed by atoms with Crippen LogP contribution in [0.3, 0.4) is 0 Å². The van der Waals surface area contributed by atoms with E-state index in [2.05, 4.69) is 4.98 Å². The largest absolute Gasteiger partial charge is 0.319 e. The molecule has 2 nitrogen and oxygen atoms in total.